The largest absolute Gasteiger partial charge is 0.481 e. The van der Waals surface area contributed by atoms with E-state index in [1.165, 1.54) is 0 Å². The number of carbonyl (C=O) groups is 3. The molecule has 2 amide bonds. The first kappa shape index (κ1) is 22.4. The van der Waals surface area contributed by atoms with Gasteiger partial charge in [-0.05, 0) is 60.3 Å². The Bertz CT molecular complexity index is 1050. The van der Waals surface area contributed by atoms with E-state index in [9.17, 15) is 19.5 Å². The molecule has 3 aliphatic carbocycles. The molecular weight excluding hydrogens is 432 g/mol. The van der Waals surface area contributed by atoms with Crippen LogP contribution in [-0.2, 0) is 14.3 Å². The van der Waals surface area contributed by atoms with Gasteiger partial charge in [-0.15, -0.1) is 0 Å². The number of carbonyl (C=O) groups excluding carboxylic acids is 2. The quantitative estimate of drug-likeness (QED) is 0.576. The van der Waals surface area contributed by atoms with Gasteiger partial charge in [0.2, 0.25) is 5.91 Å². The summed E-state index contributed by atoms with van der Waals surface area (Å²) in [5.41, 5.74) is 4.60. The molecule has 2 aromatic rings. The molecule has 2 aromatic carbocycles. The molecule has 0 bridgehead atoms. The molecule has 7 heteroatoms. The third kappa shape index (κ3) is 4.39. The van der Waals surface area contributed by atoms with Gasteiger partial charge in [0.1, 0.15) is 12.6 Å². The van der Waals surface area contributed by atoms with E-state index in [1.54, 1.807) is 0 Å². The zero-order chi connectivity index (χ0) is 23.7. The van der Waals surface area contributed by atoms with Crippen LogP contribution in [0.25, 0.3) is 11.1 Å². The van der Waals surface area contributed by atoms with Crippen molar-refractivity contribution < 1.29 is 24.2 Å². The van der Waals surface area contributed by atoms with E-state index in [0.717, 1.165) is 41.5 Å². The molecule has 0 spiro atoms. The fraction of sp³-hybridized carbons (Fsp3) is 0.444. The van der Waals surface area contributed by atoms with Crippen LogP contribution in [0, 0.1) is 11.8 Å². The van der Waals surface area contributed by atoms with Crippen molar-refractivity contribution in [2.24, 2.45) is 11.8 Å². The smallest absolute Gasteiger partial charge is 0.407 e. The van der Waals surface area contributed by atoms with E-state index in [0.29, 0.717) is 19.3 Å². The monoisotopic (exact) mass is 462 g/mol. The molecule has 0 heterocycles. The summed E-state index contributed by atoms with van der Waals surface area (Å²) in [6.45, 7) is 0.196. The van der Waals surface area contributed by atoms with Crippen molar-refractivity contribution >= 4 is 18.0 Å². The van der Waals surface area contributed by atoms with Crippen LogP contribution >= 0.6 is 0 Å². The lowest BCUT2D eigenvalue weighted by atomic mass is 9.79. The maximum absolute atomic E-state index is 13.0. The van der Waals surface area contributed by atoms with E-state index in [1.807, 2.05) is 24.3 Å². The molecule has 5 rings (SSSR count). The maximum atomic E-state index is 13.0. The molecule has 7 nitrogen and oxygen atoms in total. The summed E-state index contributed by atoms with van der Waals surface area (Å²) in [4.78, 5) is 37.0. The van der Waals surface area contributed by atoms with Crippen molar-refractivity contribution in [3.8, 4) is 11.1 Å². The Kier molecular flexibility index (Phi) is 6.26. The van der Waals surface area contributed by atoms with E-state index >= 15 is 0 Å². The minimum atomic E-state index is -0.816. The number of ether oxygens (including phenoxy) is 1. The lowest BCUT2D eigenvalue weighted by molar-refractivity contribution is -0.141. The highest BCUT2D eigenvalue weighted by molar-refractivity contribution is 5.86. The van der Waals surface area contributed by atoms with Crippen molar-refractivity contribution in [2.45, 2.75) is 56.5 Å². The number of fused-ring (bicyclic) bond motifs is 3. The Labute approximate surface area is 198 Å². The van der Waals surface area contributed by atoms with Crippen LogP contribution in [-0.4, -0.2) is 41.8 Å². The van der Waals surface area contributed by atoms with Crippen LogP contribution in [0.15, 0.2) is 48.5 Å². The number of hydrogen-bond donors (Lipinski definition) is 3. The predicted molar refractivity (Wildman–Crippen MR) is 126 cm³/mol. The van der Waals surface area contributed by atoms with Crippen LogP contribution in [0.5, 0.6) is 0 Å². The van der Waals surface area contributed by atoms with Crippen LogP contribution in [0.4, 0.5) is 4.79 Å². The van der Waals surface area contributed by atoms with Gasteiger partial charge in [0, 0.05) is 12.0 Å². The zero-order valence-corrected chi connectivity index (χ0v) is 19.0. The number of benzene rings is 2. The summed E-state index contributed by atoms with van der Waals surface area (Å²) < 4.78 is 5.65. The molecule has 0 aliphatic heterocycles. The molecule has 3 aliphatic rings. The molecule has 2 fully saturated rings. The lowest BCUT2D eigenvalue weighted by Crippen LogP contribution is -2.54. The third-order valence-corrected chi connectivity index (χ3v) is 7.65. The average Bonchev–Trinajstić information content (AvgIpc) is 3.39. The number of aliphatic carboxylic acids is 1. The Balaban J connectivity index is 1.21. The van der Waals surface area contributed by atoms with Crippen molar-refractivity contribution in [1.82, 2.24) is 10.6 Å². The highest BCUT2D eigenvalue weighted by Crippen LogP contribution is 2.44. The number of alkyl carbamates (subject to hydrolysis) is 1. The van der Waals surface area contributed by atoms with Crippen molar-refractivity contribution in [1.29, 1.82) is 0 Å². The fourth-order valence-electron chi connectivity index (χ4n) is 5.57. The zero-order valence-electron chi connectivity index (χ0n) is 19.0. The second kappa shape index (κ2) is 9.49. The first-order valence-corrected chi connectivity index (χ1v) is 12.2. The fourth-order valence-corrected chi connectivity index (χ4v) is 5.57. The Hall–Kier alpha value is -3.35. The SMILES string of the molecule is O=C(NC(C(=O)NC1CCC(C(=O)O)C1)C1CCC1)OCC1c2ccccc2-c2ccccc21. The second-order valence-corrected chi connectivity index (χ2v) is 9.69. The highest BCUT2D eigenvalue weighted by Gasteiger charge is 2.37. The van der Waals surface area contributed by atoms with Crippen LogP contribution in [0.1, 0.15) is 55.6 Å². The Morgan fingerprint density at radius 3 is 2.15 bits per heavy atom. The summed E-state index contributed by atoms with van der Waals surface area (Å²) in [5, 5.41) is 15.0. The molecule has 0 saturated heterocycles. The van der Waals surface area contributed by atoms with Crippen LogP contribution < -0.4 is 10.6 Å². The van der Waals surface area contributed by atoms with Gasteiger partial charge in [0.25, 0.3) is 0 Å². The third-order valence-electron chi connectivity index (χ3n) is 7.65. The number of amides is 2. The van der Waals surface area contributed by atoms with Gasteiger partial charge in [-0.2, -0.15) is 0 Å². The van der Waals surface area contributed by atoms with Crippen LogP contribution in [0.2, 0.25) is 0 Å². The number of rotatable bonds is 7. The lowest BCUT2D eigenvalue weighted by Gasteiger charge is -2.33. The molecular formula is C27H30N2O5. The normalized spacial score (nSPS) is 22.2. The number of carboxylic acids is 1. The van der Waals surface area contributed by atoms with E-state index in [-0.39, 0.29) is 30.4 Å². The minimum absolute atomic E-state index is 0.0411. The number of nitrogens with one attached hydrogen (secondary N) is 2. The van der Waals surface area contributed by atoms with Crippen molar-refractivity contribution in [3.63, 3.8) is 0 Å². The topological polar surface area (TPSA) is 105 Å². The van der Waals surface area contributed by atoms with Gasteiger partial charge >= 0.3 is 12.1 Å². The second-order valence-electron chi connectivity index (χ2n) is 9.69. The van der Waals surface area contributed by atoms with Gasteiger partial charge in [-0.3, -0.25) is 9.59 Å². The summed E-state index contributed by atoms with van der Waals surface area (Å²) in [7, 11) is 0. The van der Waals surface area contributed by atoms with Gasteiger partial charge in [0.05, 0.1) is 5.92 Å². The van der Waals surface area contributed by atoms with E-state index in [2.05, 4.69) is 34.9 Å². The van der Waals surface area contributed by atoms with Crippen molar-refractivity contribution in [3.05, 3.63) is 59.7 Å². The van der Waals surface area contributed by atoms with Gasteiger partial charge in [-0.1, -0.05) is 55.0 Å². The molecule has 178 valence electrons. The summed E-state index contributed by atoms with van der Waals surface area (Å²) in [6.07, 6.45) is 3.84. The maximum Gasteiger partial charge on any atom is 0.407 e. The highest BCUT2D eigenvalue weighted by atomic mass is 16.5. The molecule has 3 unspecified atom stereocenters. The molecule has 3 atom stereocenters. The summed E-state index contributed by atoms with van der Waals surface area (Å²) in [5.74, 6) is -1.43. The molecule has 2 saturated carbocycles. The minimum Gasteiger partial charge on any atom is -0.481 e. The van der Waals surface area contributed by atoms with Gasteiger partial charge in [-0.25, -0.2) is 4.79 Å². The van der Waals surface area contributed by atoms with Gasteiger partial charge < -0.3 is 20.5 Å². The number of carboxylic acid groups (broad SMARTS) is 1. The Morgan fingerprint density at radius 2 is 1.59 bits per heavy atom. The first-order valence-electron chi connectivity index (χ1n) is 12.2. The van der Waals surface area contributed by atoms with Crippen molar-refractivity contribution in [2.75, 3.05) is 6.61 Å². The summed E-state index contributed by atoms with van der Waals surface area (Å²) in [6, 6.07) is 15.5. The molecule has 0 aromatic heterocycles. The number of hydrogen-bond acceptors (Lipinski definition) is 4. The van der Waals surface area contributed by atoms with E-state index < -0.39 is 24.0 Å². The average molecular weight is 463 g/mol. The molecule has 0 radical (unpaired) electrons. The Morgan fingerprint density at radius 1 is 0.941 bits per heavy atom. The standard InChI is InChI=1S/C27H30N2O5/c30-25(28-18-13-12-17(14-18)26(31)32)24(16-6-5-7-16)29-27(33)34-15-23-21-10-3-1-8-19(21)20-9-2-4-11-22(20)23/h1-4,8-11,16-18,23-24H,5-7,12-15H2,(H,28,30)(H,29,33)(H,31,32). The molecule has 34 heavy (non-hydrogen) atoms. The van der Waals surface area contributed by atoms with Gasteiger partial charge in [0.15, 0.2) is 0 Å². The van der Waals surface area contributed by atoms with Crippen LogP contribution in [0.3, 0.4) is 0 Å². The summed E-state index contributed by atoms with van der Waals surface area (Å²) >= 11 is 0. The predicted octanol–water partition coefficient (Wildman–Crippen LogP) is 4.06. The molecule has 3 N–H and O–H groups in total. The first-order chi connectivity index (χ1) is 16.5. The van der Waals surface area contributed by atoms with E-state index in [4.69, 9.17) is 4.74 Å².